The minimum atomic E-state index is -0.112. The Kier molecular flexibility index (Phi) is 4.40. The second kappa shape index (κ2) is 6.86. The van der Waals surface area contributed by atoms with Gasteiger partial charge in [0.05, 0.1) is 11.9 Å². The van der Waals surface area contributed by atoms with Crippen molar-refractivity contribution in [2.45, 2.75) is 6.42 Å². The fourth-order valence-corrected chi connectivity index (χ4v) is 3.50. The largest absolute Gasteiger partial charge is 0.504 e. The highest BCUT2D eigenvalue weighted by Crippen LogP contribution is 2.26. The zero-order valence-electron chi connectivity index (χ0n) is 13.6. The fraction of sp³-hybridized carbons (Fsp3) is 0.111. The summed E-state index contributed by atoms with van der Waals surface area (Å²) >= 11 is 7.39. The third-order valence-electron chi connectivity index (χ3n) is 3.91. The number of phenols is 2. The number of imidazole rings is 1. The Hall–Kier alpha value is -2.77. The smallest absolute Gasteiger partial charge is 0.214 e. The Labute approximate surface area is 158 Å². The van der Waals surface area contributed by atoms with Crippen LogP contribution in [0.4, 0.5) is 5.13 Å². The molecule has 0 bridgehead atoms. The fourth-order valence-electron chi connectivity index (χ4n) is 2.57. The maximum absolute atomic E-state index is 9.52. The van der Waals surface area contributed by atoms with E-state index in [9.17, 15) is 10.2 Å². The molecule has 0 unspecified atom stereocenters. The Morgan fingerprint density at radius 1 is 1.08 bits per heavy atom. The molecule has 0 aliphatic rings. The van der Waals surface area contributed by atoms with E-state index in [1.54, 1.807) is 16.6 Å². The molecule has 3 N–H and O–H groups in total. The summed E-state index contributed by atoms with van der Waals surface area (Å²) in [5.41, 5.74) is 2.78. The van der Waals surface area contributed by atoms with E-state index in [2.05, 4.69) is 15.4 Å². The lowest BCUT2D eigenvalue weighted by Gasteiger charge is -2.04. The first-order valence-electron chi connectivity index (χ1n) is 7.95. The van der Waals surface area contributed by atoms with E-state index < -0.39 is 0 Å². The van der Waals surface area contributed by atoms with Crippen molar-refractivity contribution in [3.8, 4) is 22.8 Å². The van der Waals surface area contributed by atoms with Crippen LogP contribution in [0.2, 0.25) is 5.02 Å². The number of benzene rings is 2. The highest BCUT2D eigenvalue weighted by molar-refractivity contribution is 7.20. The second-order valence-corrected chi connectivity index (χ2v) is 7.16. The number of nitrogens with one attached hydrogen (secondary N) is 1. The van der Waals surface area contributed by atoms with Crippen molar-refractivity contribution in [3.63, 3.8) is 0 Å². The molecule has 0 atom stereocenters. The second-order valence-electron chi connectivity index (χ2n) is 5.77. The van der Waals surface area contributed by atoms with E-state index in [1.165, 1.54) is 17.4 Å². The van der Waals surface area contributed by atoms with Gasteiger partial charge in [0.25, 0.3) is 0 Å². The average molecular weight is 387 g/mol. The van der Waals surface area contributed by atoms with Gasteiger partial charge in [0, 0.05) is 17.1 Å². The molecule has 26 heavy (non-hydrogen) atoms. The molecule has 0 aliphatic heterocycles. The molecule has 2 aromatic heterocycles. The van der Waals surface area contributed by atoms with E-state index in [4.69, 9.17) is 11.6 Å². The number of hydrogen-bond donors (Lipinski definition) is 3. The number of anilines is 1. The maximum atomic E-state index is 9.52. The summed E-state index contributed by atoms with van der Waals surface area (Å²) in [4.78, 5) is 5.40. The molecule has 0 saturated carbocycles. The number of nitrogens with zero attached hydrogens (tertiary/aromatic N) is 3. The highest BCUT2D eigenvalue weighted by Gasteiger charge is 2.09. The summed E-state index contributed by atoms with van der Waals surface area (Å²) in [6.07, 6.45) is 2.59. The van der Waals surface area contributed by atoms with Crippen LogP contribution in [0, 0.1) is 0 Å². The zero-order valence-corrected chi connectivity index (χ0v) is 15.1. The minimum Gasteiger partial charge on any atom is -0.504 e. The van der Waals surface area contributed by atoms with Crippen LogP contribution in [0.5, 0.6) is 11.5 Å². The SMILES string of the molecule is Oc1ccc(CCNc2nn3cc(-c4ccc(Cl)cc4)nc3s2)cc1O. The van der Waals surface area contributed by atoms with Crippen LogP contribution in [-0.4, -0.2) is 31.4 Å². The number of halogens is 1. The lowest BCUT2D eigenvalue weighted by molar-refractivity contribution is 0.403. The first-order chi connectivity index (χ1) is 12.6. The first-order valence-corrected chi connectivity index (χ1v) is 9.15. The van der Waals surface area contributed by atoms with Crippen molar-refractivity contribution >= 4 is 33.0 Å². The molecule has 4 aromatic rings. The van der Waals surface area contributed by atoms with Crippen LogP contribution in [0.15, 0.2) is 48.7 Å². The van der Waals surface area contributed by atoms with Crippen molar-refractivity contribution in [1.82, 2.24) is 14.6 Å². The van der Waals surface area contributed by atoms with Crippen molar-refractivity contribution in [1.29, 1.82) is 0 Å². The van der Waals surface area contributed by atoms with Gasteiger partial charge in [0.1, 0.15) is 0 Å². The summed E-state index contributed by atoms with van der Waals surface area (Å²) < 4.78 is 1.75. The van der Waals surface area contributed by atoms with Gasteiger partial charge in [-0.25, -0.2) is 9.50 Å². The Morgan fingerprint density at radius 3 is 2.62 bits per heavy atom. The predicted octanol–water partition coefficient (Wildman–Crippen LogP) is 4.18. The van der Waals surface area contributed by atoms with Gasteiger partial charge in [0.15, 0.2) is 11.5 Å². The summed E-state index contributed by atoms with van der Waals surface area (Å²) in [6.45, 7) is 0.658. The lowest BCUT2D eigenvalue weighted by atomic mass is 10.1. The van der Waals surface area contributed by atoms with Crippen LogP contribution in [0.25, 0.3) is 16.2 Å². The Balaban J connectivity index is 1.42. The Bertz CT molecular complexity index is 1030. The van der Waals surface area contributed by atoms with Crippen LogP contribution in [0.1, 0.15) is 5.56 Å². The third kappa shape index (κ3) is 3.44. The molecule has 0 aliphatic carbocycles. The summed E-state index contributed by atoms with van der Waals surface area (Å²) in [7, 11) is 0. The summed E-state index contributed by atoms with van der Waals surface area (Å²) in [5.74, 6) is -0.218. The molecule has 6 nitrogen and oxygen atoms in total. The van der Waals surface area contributed by atoms with Crippen molar-refractivity contribution < 1.29 is 10.2 Å². The number of fused-ring (bicyclic) bond motifs is 1. The van der Waals surface area contributed by atoms with Crippen molar-refractivity contribution in [3.05, 3.63) is 59.2 Å². The van der Waals surface area contributed by atoms with Crippen LogP contribution >= 0.6 is 22.9 Å². The average Bonchev–Trinajstić information content (AvgIpc) is 3.17. The van der Waals surface area contributed by atoms with Gasteiger partial charge in [-0.15, -0.1) is 5.10 Å². The zero-order chi connectivity index (χ0) is 18.1. The number of hydrogen-bond acceptors (Lipinski definition) is 6. The quantitative estimate of drug-likeness (QED) is 0.448. The van der Waals surface area contributed by atoms with E-state index in [1.807, 2.05) is 30.5 Å². The minimum absolute atomic E-state index is 0.107. The monoisotopic (exact) mass is 386 g/mol. The van der Waals surface area contributed by atoms with Crippen LogP contribution < -0.4 is 5.32 Å². The highest BCUT2D eigenvalue weighted by atomic mass is 35.5. The molecule has 0 radical (unpaired) electrons. The molecule has 132 valence electrons. The van der Waals surface area contributed by atoms with E-state index >= 15 is 0 Å². The standard InChI is InChI=1S/C18H15ClN4O2S/c19-13-4-2-12(3-5-13)14-10-23-18(21-14)26-17(22-23)20-8-7-11-1-6-15(24)16(25)9-11/h1-6,9-10,24-25H,7-8H2,(H,20,22). The first kappa shape index (κ1) is 16.7. The molecule has 0 amide bonds. The van der Waals surface area contributed by atoms with Crippen LogP contribution in [-0.2, 0) is 6.42 Å². The van der Waals surface area contributed by atoms with Crippen molar-refractivity contribution in [2.75, 3.05) is 11.9 Å². The third-order valence-corrected chi connectivity index (χ3v) is 5.05. The number of phenolic OH excluding ortho intramolecular Hbond substituents is 2. The summed E-state index contributed by atoms with van der Waals surface area (Å²) in [5, 5.41) is 28.1. The molecule has 0 fully saturated rings. The molecule has 2 heterocycles. The molecule has 0 saturated heterocycles. The number of rotatable bonds is 5. The molecular weight excluding hydrogens is 372 g/mol. The molecular formula is C18H15ClN4O2S. The summed E-state index contributed by atoms with van der Waals surface area (Å²) in [6, 6.07) is 12.4. The number of aromatic hydroxyl groups is 2. The molecule has 2 aromatic carbocycles. The van der Waals surface area contributed by atoms with Gasteiger partial charge in [-0.1, -0.05) is 41.1 Å². The molecule has 0 spiro atoms. The van der Waals surface area contributed by atoms with Crippen LogP contribution in [0.3, 0.4) is 0 Å². The van der Waals surface area contributed by atoms with Crippen molar-refractivity contribution in [2.24, 2.45) is 0 Å². The molecule has 4 rings (SSSR count). The maximum Gasteiger partial charge on any atom is 0.214 e. The van der Waals surface area contributed by atoms with Gasteiger partial charge in [-0.3, -0.25) is 0 Å². The van der Waals surface area contributed by atoms with E-state index in [0.717, 1.165) is 26.9 Å². The predicted molar refractivity (Wildman–Crippen MR) is 103 cm³/mol. The van der Waals surface area contributed by atoms with E-state index in [0.29, 0.717) is 18.0 Å². The molecule has 8 heteroatoms. The lowest BCUT2D eigenvalue weighted by Crippen LogP contribution is -2.04. The normalized spacial score (nSPS) is 11.1. The number of aromatic nitrogens is 3. The van der Waals surface area contributed by atoms with E-state index in [-0.39, 0.29) is 11.5 Å². The van der Waals surface area contributed by atoms with Gasteiger partial charge >= 0.3 is 0 Å². The van der Waals surface area contributed by atoms with Gasteiger partial charge in [0.2, 0.25) is 10.1 Å². The van der Waals surface area contributed by atoms with Gasteiger partial charge in [-0.05, 0) is 36.2 Å². The Morgan fingerprint density at radius 2 is 1.88 bits per heavy atom. The topological polar surface area (TPSA) is 82.7 Å². The van der Waals surface area contributed by atoms with Gasteiger partial charge in [-0.2, -0.15) is 0 Å². The van der Waals surface area contributed by atoms with Gasteiger partial charge < -0.3 is 15.5 Å².